The number of hydrogen-bond acceptors (Lipinski definition) is 3. The van der Waals surface area contributed by atoms with Crippen LogP contribution in [0.2, 0.25) is 0 Å². The topological polar surface area (TPSA) is 66.1 Å². The fourth-order valence-corrected chi connectivity index (χ4v) is 4.10. The van der Waals surface area contributed by atoms with Gasteiger partial charge in [0.05, 0.1) is 12.4 Å². The molecule has 2 heterocycles. The van der Waals surface area contributed by atoms with Crippen LogP contribution in [0.3, 0.4) is 0 Å². The summed E-state index contributed by atoms with van der Waals surface area (Å²) in [5.74, 6) is -2.07. The van der Waals surface area contributed by atoms with E-state index in [0.717, 1.165) is 31.5 Å². The molecule has 0 bridgehead atoms. The molecule has 1 saturated heterocycles. The van der Waals surface area contributed by atoms with Gasteiger partial charge in [0, 0.05) is 19.0 Å². The van der Waals surface area contributed by atoms with Crippen LogP contribution in [0, 0.1) is 17.0 Å². The first-order chi connectivity index (χ1) is 12.0. The molecule has 130 valence electrons. The summed E-state index contributed by atoms with van der Waals surface area (Å²) < 4.78 is 26.9. The third kappa shape index (κ3) is 2.63. The fraction of sp³-hybridized carbons (Fsp3) is 0.389. The molecule has 5 nitrogen and oxygen atoms in total. The lowest BCUT2D eigenvalue weighted by atomic mass is 9.61. The number of rotatable bonds is 2. The number of halogens is 2. The minimum atomic E-state index is -0.870. The second-order valence-electron chi connectivity index (χ2n) is 6.94. The van der Waals surface area contributed by atoms with Gasteiger partial charge in [0.2, 0.25) is 0 Å². The Morgan fingerprint density at radius 2 is 2.04 bits per heavy atom. The van der Waals surface area contributed by atoms with Crippen molar-refractivity contribution in [1.29, 1.82) is 0 Å². The van der Waals surface area contributed by atoms with Crippen molar-refractivity contribution in [2.75, 3.05) is 13.1 Å². The number of nitrogens with one attached hydrogen (secondary N) is 1. The van der Waals surface area contributed by atoms with Gasteiger partial charge in [0.25, 0.3) is 11.5 Å². The Bertz CT molecular complexity index is 892. The molecular formula is C18H17F2N3O2. The highest BCUT2D eigenvalue weighted by atomic mass is 19.2. The summed E-state index contributed by atoms with van der Waals surface area (Å²) in [6.45, 7) is 0.966. The van der Waals surface area contributed by atoms with Crippen molar-refractivity contribution < 1.29 is 13.6 Å². The Morgan fingerprint density at radius 3 is 2.68 bits per heavy atom. The second kappa shape index (κ2) is 5.75. The van der Waals surface area contributed by atoms with Crippen LogP contribution in [0.4, 0.5) is 8.78 Å². The average Bonchev–Trinajstić information content (AvgIpc) is 2.98. The molecule has 1 saturated carbocycles. The van der Waals surface area contributed by atoms with E-state index in [1.165, 1.54) is 12.3 Å². The molecule has 0 radical (unpaired) electrons. The molecule has 1 aliphatic carbocycles. The van der Waals surface area contributed by atoms with E-state index in [1.54, 1.807) is 11.0 Å². The number of amides is 1. The molecule has 1 amide bonds. The molecule has 2 fully saturated rings. The number of likely N-dealkylation sites (tertiary alicyclic amines) is 1. The van der Waals surface area contributed by atoms with Crippen LogP contribution >= 0.6 is 0 Å². The van der Waals surface area contributed by atoms with Gasteiger partial charge in [0.15, 0.2) is 11.6 Å². The van der Waals surface area contributed by atoms with Gasteiger partial charge in [-0.1, -0.05) is 12.5 Å². The maximum absolute atomic E-state index is 13.7. The van der Waals surface area contributed by atoms with Gasteiger partial charge in [-0.3, -0.25) is 14.6 Å². The molecule has 1 aromatic heterocycles. The first-order valence-corrected chi connectivity index (χ1v) is 8.27. The van der Waals surface area contributed by atoms with E-state index in [0.29, 0.717) is 18.7 Å². The highest BCUT2D eigenvalue weighted by Gasteiger charge is 2.52. The Labute approximate surface area is 142 Å². The van der Waals surface area contributed by atoms with Crippen LogP contribution in [0.25, 0.3) is 0 Å². The largest absolute Gasteiger partial charge is 0.336 e. The third-order valence-corrected chi connectivity index (χ3v) is 5.51. The average molecular weight is 345 g/mol. The minimum absolute atomic E-state index is 0.0382. The van der Waals surface area contributed by atoms with Gasteiger partial charge in [-0.05, 0) is 36.0 Å². The van der Waals surface area contributed by atoms with Crippen molar-refractivity contribution in [3.8, 4) is 0 Å². The van der Waals surface area contributed by atoms with Gasteiger partial charge >= 0.3 is 0 Å². The smallest absolute Gasteiger partial charge is 0.272 e. The normalized spacial score (nSPS) is 21.4. The van der Waals surface area contributed by atoms with Crippen molar-refractivity contribution in [3.05, 3.63) is 63.8 Å². The summed E-state index contributed by atoms with van der Waals surface area (Å²) in [4.78, 5) is 32.0. The molecule has 7 heteroatoms. The summed E-state index contributed by atoms with van der Waals surface area (Å²) in [7, 11) is 0. The van der Waals surface area contributed by atoms with E-state index in [2.05, 4.69) is 9.97 Å². The summed E-state index contributed by atoms with van der Waals surface area (Å²) in [6, 6.07) is 3.98. The van der Waals surface area contributed by atoms with Gasteiger partial charge < -0.3 is 9.88 Å². The van der Waals surface area contributed by atoms with Crippen molar-refractivity contribution in [2.24, 2.45) is 5.41 Å². The Kier molecular flexibility index (Phi) is 3.67. The van der Waals surface area contributed by atoms with Gasteiger partial charge in [-0.25, -0.2) is 8.78 Å². The summed E-state index contributed by atoms with van der Waals surface area (Å²) in [5.41, 5.74) is 0.338. The molecule has 1 aliphatic heterocycles. The van der Waals surface area contributed by atoms with Crippen LogP contribution in [-0.2, 0) is 0 Å². The molecule has 1 unspecified atom stereocenters. The van der Waals surface area contributed by atoms with E-state index in [1.807, 2.05) is 0 Å². The standard InChI is InChI=1S/C18H17F2N3O2/c19-13-3-2-11(6-14(13)20)12-9-23(10-18(12)4-1-5-18)17(25)15-7-21-8-16(24)22-15/h2-3,6-8,12H,1,4-5,9-10H2,(H,22,24). The molecule has 4 rings (SSSR count). The zero-order valence-corrected chi connectivity index (χ0v) is 13.5. The minimum Gasteiger partial charge on any atom is -0.336 e. The maximum atomic E-state index is 13.7. The molecule has 1 atom stereocenters. The number of H-pyrrole nitrogens is 1. The summed E-state index contributed by atoms with van der Waals surface area (Å²) in [5, 5.41) is 0. The highest BCUT2D eigenvalue weighted by molar-refractivity contribution is 5.92. The van der Waals surface area contributed by atoms with E-state index in [-0.39, 0.29) is 22.9 Å². The molecule has 1 N–H and O–H groups in total. The lowest BCUT2D eigenvalue weighted by Gasteiger charge is -2.43. The second-order valence-corrected chi connectivity index (χ2v) is 6.94. The Balaban J connectivity index is 1.64. The van der Waals surface area contributed by atoms with Crippen LogP contribution in [-0.4, -0.2) is 33.9 Å². The predicted molar refractivity (Wildman–Crippen MR) is 86.1 cm³/mol. The van der Waals surface area contributed by atoms with Crippen molar-refractivity contribution in [3.63, 3.8) is 0 Å². The number of aromatic nitrogens is 2. The zero-order valence-electron chi connectivity index (χ0n) is 13.5. The van der Waals surface area contributed by atoms with E-state index in [4.69, 9.17) is 0 Å². The van der Waals surface area contributed by atoms with Crippen molar-refractivity contribution in [2.45, 2.75) is 25.2 Å². The van der Waals surface area contributed by atoms with Crippen molar-refractivity contribution >= 4 is 5.91 Å². The van der Waals surface area contributed by atoms with Crippen LogP contribution < -0.4 is 5.56 Å². The van der Waals surface area contributed by atoms with Gasteiger partial charge in [0.1, 0.15) is 5.69 Å². The first-order valence-electron chi connectivity index (χ1n) is 8.27. The van der Waals surface area contributed by atoms with Crippen LogP contribution in [0.1, 0.15) is 41.2 Å². The number of benzene rings is 1. The van der Waals surface area contributed by atoms with Gasteiger partial charge in [-0.15, -0.1) is 0 Å². The van der Waals surface area contributed by atoms with Crippen molar-refractivity contribution in [1.82, 2.24) is 14.9 Å². The third-order valence-electron chi connectivity index (χ3n) is 5.51. The quantitative estimate of drug-likeness (QED) is 0.909. The first kappa shape index (κ1) is 15.9. The Hall–Kier alpha value is -2.57. The molecule has 1 aromatic carbocycles. The van der Waals surface area contributed by atoms with E-state index >= 15 is 0 Å². The molecule has 1 spiro atoms. The highest BCUT2D eigenvalue weighted by Crippen LogP contribution is 2.55. The molecular weight excluding hydrogens is 328 g/mol. The predicted octanol–water partition coefficient (Wildman–Crippen LogP) is 2.46. The number of hydrogen-bond donors (Lipinski definition) is 1. The van der Waals surface area contributed by atoms with Crippen LogP contribution in [0.15, 0.2) is 35.4 Å². The fourth-order valence-electron chi connectivity index (χ4n) is 4.10. The summed E-state index contributed by atoms with van der Waals surface area (Å²) in [6.07, 6.45) is 5.40. The number of carbonyl (C=O) groups excluding carboxylic acids is 1. The maximum Gasteiger partial charge on any atom is 0.272 e. The van der Waals surface area contributed by atoms with Gasteiger partial charge in [-0.2, -0.15) is 0 Å². The lowest BCUT2D eigenvalue weighted by molar-refractivity contribution is 0.0719. The SMILES string of the molecule is O=C(c1cncc(=O)[nH]1)N1CC(c2ccc(F)c(F)c2)C2(CCC2)C1. The molecule has 2 aliphatic rings. The molecule has 25 heavy (non-hydrogen) atoms. The number of nitrogens with zero attached hydrogens (tertiary/aromatic N) is 2. The van der Waals surface area contributed by atoms with Crippen LogP contribution in [0.5, 0.6) is 0 Å². The lowest BCUT2D eigenvalue weighted by Crippen LogP contribution is -2.38. The summed E-state index contributed by atoms with van der Waals surface area (Å²) >= 11 is 0. The Morgan fingerprint density at radius 1 is 1.24 bits per heavy atom. The van der Waals surface area contributed by atoms with E-state index in [9.17, 15) is 18.4 Å². The zero-order chi connectivity index (χ0) is 17.6. The number of aromatic amines is 1. The molecule has 2 aromatic rings. The van der Waals surface area contributed by atoms with E-state index < -0.39 is 17.2 Å². The number of carbonyl (C=O) groups is 1. The monoisotopic (exact) mass is 345 g/mol.